The van der Waals surface area contributed by atoms with Gasteiger partial charge in [0.15, 0.2) is 0 Å². The fourth-order valence-electron chi connectivity index (χ4n) is 3.06. The number of aromatic nitrogens is 2. The fourth-order valence-corrected chi connectivity index (χ4v) is 3.06. The molecular formula is C16H23ClN4O. The first-order chi connectivity index (χ1) is 10.2. The van der Waals surface area contributed by atoms with Gasteiger partial charge in [-0.1, -0.05) is 19.1 Å². The lowest BCUT2D eigenvalue weighted by Crippen LogP contribution is -2.36. The van der Waals surface area contributed by atoms with E-state index in [2.05, 4.69) is 33.2 Å². The summed E-state index contributed by atoms with van der Waals surface area (Å²) in [6.07, 6.45) is 0. The predicted octanol–water partition coefficient (Wildman–Crippen LogP) is 1.74. The number of benzene rings is 1. The number of para-hydroxylation sites is 2. The molecule has 2 aromatic rings. The highest BCUT2D eigenvalue weighted by atomic mass is 35.5. The number of nitrogens with one attached hydrogen (secondary N) is 2. The van der Waals surface area contributed by atoms with E-state index < -0.39 is 0 Å². The largest absolute Gasteiger partial charge is 0.354 e. The van der Waals surface area contributed by atoms with Gasteiger partial charge in [-0.05, 0) is 31.5 Å². The van der Waals surface area contributed by atoms with E-state index >= 15 is 0 Å². The zero-order valence-electron chi connectivity index (χ0n) is 13.0. The van der Waals surface area contributed by atoms with E-state index in [1.165, 1.54) is 0 Å². The summed E-state index contributed by atoms with van der Waals surface area (Å²) in [5.74, 6) is 1.67. The molecule has 22 heavy (non-hydrogen) atoms. The highest BCUT2D eigenvalue weighted by Gasteiger charge is 2.29. The molecule has 1 amide bonds. The van der Waals surface area contributed by atoms with Crippen LogP contribution >= 0.6 is 12.4 Å². The van der Waals surface area contributed by atoms with Crippen LogP contribution in [0.15, 0.2) is 24.3 Å². The molecule has 1 aliphatic rings. The lowest BCUT2D eigenvalue weighted by molar-refractivity contribution is -0.125. The monoisotopic (exact) mass is 322 g/mol. The second-order valence-electron chi connectivity index (χ2n) is 5.83. The summed E-state index contributed by atoms with van der Waals surface area (Å²) in [5, 5.41) is 6.32. The average molecular weight is 323 g/mol. The number of hydrogen-bond acceptors (Lipinski definition) is 3. The van der Waals surface area contributed by atoms with Gasteiger partial charge in [0.2, 0.25) is 5.91 Å². The quantitative estimate of drug-likeness (QED) is 0.901. The Morgan fingerprint density at radius 2 is 2.18 bits per heavy atom. The molecule has 1 aromatic heterocycles. The van der Waals surface area contributed by atoms with Crippen molar-refractivity contribution in [3.05, 3.63) is 30.1 Å². The van der Waals surface area contributed by atoms with Crippen LogP contribution in [0, 0.1) is 18.8 Å². The van der Waals surface area contributed by atoms with Crippen LogP contribution in [0.5, 0.6) is 0 Å². The minimum atomic E-state index is 0. The molecule has 3 rings (SSSR count). The summed E-state index contributed by atoms with van der Waals surface area (Å²) >= 11 is 0. The second-order valence-corrected chi connectivity index (χ2v) is 5.83. The summed E-state index contributed by atoms with van der Waals surface area (Å²) in [6.45, 7) is 7.25. The lowest BCUT2D eigenvalue weighted by atomic mass is 9.97. The molecule has 1 aromatic carbocycles. The standard InChI is InChI=1S/C16H22N4O.ClH/c1-11-9-17-10-13(11)16(21)18-7-8-20-12(2)19-14-5-3-4-6-15(14)20;/h3-6,11,13,17H,7-10H2,1-2H3,(H,18,21);1H/t11-,13-;/m1./s1. The molecule has 0 radical (unpaired) electrons. The van der Waals surface area contributed by atoms with Gasteiger partial charge in [0.05, 0.1) is 17.0 Å². The number of rotatable bonds is 4. The third kappa shape index (κ3) is 3.25. The van der Waals surface area contributed by atoms with Crippen LogP contribution < -0.4 is 10.6 Å². The van der Waals surface area contributed by atoms with Crippen LogP contribution in [0.2, 0.25) is 0 Å². The Balaban J connectivity index is 0.00000176. The maximum Gasteiger partial charge on any atom is 0.224 e. The average Bonchev–Trinajstić information content (AvgIpc) is 3.03. The van der Waals surface area contributed by atoms with Gasteiger partial charge < -0.3 is 15.2 Å². The first-order valence-electron chi connectivity index (χ1n) is 7.57. The van der Waals surface area contributed by atoms with Gasteiger partial charge >= 0.3 is 0 Å². The Bertz CT molecular complexity index is 655. The zero-order valence-corrected chi connectivity index (χ0v) is 13.8. The van der Waals surface area contributed by atoms with Gasteiger partial charge in [-0.25, -0.2) is 4.98 Å². The van der Waals surface area contributed by atoms with Gasteiger partial charge in [-0.3, -0.25) is 4.79 Å². The van der Waals surface area contributed by atoms with E-state index in [0.29, 0.717) is 12.5 Å². The summed E-state index contributed by atoms with van der Waals surface area (Å²) in [6, 6.07) is 8.10. The first kappa shape index (κ1) is 16.8. The van der Waals surface area contributed by atoms with Crippen molar-refractivity contribution in [3.63, 3.8) is 0 Å². The number of carbonyl (C=O) groups is 1. The second kappa shape index (κ2) is 7.11. The molecule has 120 valence electrons. The van der Waals surface area contributed by atoms with Crippen LogP contribution in [0.25, 0.3) is 11.0 Å². The molecule has 0 spiro atoms. The number of fused-ring (bicyclic) bond motifs is 1. The van der Waals surface area contributed by atoms with Crippen LogP contribution in [0.1, 0.15) is 12.7 Å². The topological polar surface area (TPSA) is 59.0 Å². The maximum absolute atomic E-state index is 12.2. The van der Waals surface area contributed by atoms with E-state index in [9.17, 15) is 4.79 Å². The van der Waals surface area contributed by atoms with Gasteiger partial charge in [0.25, 0.3) is 0 Å². The molecule has 1 saturated heterocycles. The minimum Gasteiger partial charge on any atom is -0.354 e. The van der Waals surface area contributed by atoms with Crippen molar-refractivity contribution in [1.29, 1.82) is 0 Å². The Hall–Kier alpha value is -1.59. The van der Waals surface area contributed by atoms with Crippen LogP contribution in [-0.4, -0.2) is 35.1 Å². The van der Waals surface area contributed by atoms with Crippen molar-refractivity contribution < 1.29 is 4.79 Å². The predicted molar refractivity (Wildman–Crippen MR) is 90.3 cm³/mol. The molecule has 2 N–H and O–H groups in total. The summed E-state index contributed by atoms with van der Waals surface area (Å²) in [4.78, 5) is 16.7. The smallest absolute Gasteiger partial charge is 0.224 e. The Labute approximate surface area is 136 Å². The van der Waals surface area contributed by atoms with Crippen molar-refractivity contribution in [2.24, 2.45) is 11.8 Å². The van der Waals surface area contributed by atoms with E-state index in [1.54, 1.807) is 0 Å². The van der Waals surface area contributed by atoms with Crippen molar-refractivity contribution in [2.75, 3.05) is 19.6 Å². The highest BCUT2D eigenvalue weighted by Crippen LogP contribution is 2.16. The Morgan fingerprint density at radius 1 is 1.41 bits per heavy atom. The van der Waals surface area contributed by atoms with E-state index in [4.69, 9.17) is 0 Å². The van der Waals surface area contributed by atoms with Gasteiger partial charge in [-0.15, -0.1) is 12.4 Å². The Kier molecular flexibility index (Phi) is 5.42. The molecule has 5 nitrogen and oxygen atoms in total. The molecule has 2 heterocycles. The van der Waals surface area contributed by atoms with Crippen molar-refractivity contribution in [1.82, 2.24) is 20.2 Å². The Morgan fingerprint density at radius 3 is 2.91 bits per heavy atom. The van der Waals surface area contributed by atoms with Crippen LogP contribution in [-0.2, 0) is 11.3 Å². The van der Waals surface area contributed by atoms with Crippen LogP contribution in [0.4, 0.5) is 0 Å². The summed E-state index contributed by atoms with van der Waals surface area (Å²) in [7, 11) is 0. The van der Waals surface area contributed by atoms with Crippen molar-refractivity contribution in [2.45, 2.75) is 20.4 Å². The highest BCUT2D eigenvalue weighted by molar-refractivity contribution is 5.85. The molecule has 0 bridgehead atoms. The van der Waals surface area contributed by atoms with Crippen molar-refractivity contribution >= 4 is 29.3 Å². The zero-order chi connectivity index (χ0) is 14.8. The number of amides is 1. The number of imidazole rings is 1. The number of carbonyl (C=O) groups excluding carboxylic acids is 1. The molecule has 0 aliphatic carbocycles. The van der Waals surface area contributed by atoms with E-state index in [-0.39, 0.29) is 24.2 Å². The normalized spacial score (nSPS) is 20.8. The molecule has 1 fully saturated rings. The molecule has 6 heteroatoms. The molecule has 0 unspecified atom stereocenters. The lowest BCUT2D eigenvalue weighted by Gasteiger charge is -2.15. The van der Waals surface area contributed by atoms with Gasteiger partial charge in [0, 0.05) is 19.6 Å². The number of halogens is 1. The first-order valence-corrected chi connectivity index (χ1v) is 7.57. The molecule has 0 saturated carbocycles. The third-order valence-electron chi connectivity index (χ3n) is 4.33. The summed E-state index contributed by atoms with van der Waals surface area (Å²) in [5.41, 5.74) is 2.13. The maximum atomic E-state index is 12.2. The minimum absolute atomic E-state index is 0. The number of nitrogens with zero attached hydrogens (tertiary/aromatic N) is 2. The molecular weight excluding hydrogens is 300 g/mol. The molecule has 2 atom stereocenters. The third-order valence-corrected chi connectivity index (χ3v) is 4.33. The van der Waals surface area contributed by atoms with Gasteiger partial charge in [-0.2, -0.15) is 0 Å². The van der Waals surface area contributed by atoms with Crippen LogP contribution in [0.3, 0.4) is 0 Å². The SMILES string of the molecule is Cc1nc2ccccc2n1CCNC(=O)[C@@H]1CNC[C@H]1C.Cl. The van der Waals surface area contributed by atoms with E-state index in [1.807, 2.05) is 25.1 Å². The number of aryl methyl sites for hydroxylation is 1. The summed E-state index contributed by atoms with van der Waals surface area (Å²) < 4.78 is 2.16. The van der Waals surface area contributed by atoms with Crippen molar-refractivity contribution in [3.8, 4) is 0 Å². The fraction of sp³-hybridized carbons (Fsp3) is 0.500. The van der Waals surface area contributed by atoms with E-state index in [0.717, 1.165) is 36.5 Å². The molecule has 1 aliphatic heterocycles. The number of hydrogen-bond donors (Lipinski definition) is 2. The van der Waals surface area contributed by atoms with Gasteiger partial charge in [0.1, 0.15) is 5.82 Å².